The number of nitrogens with one attached hydrogen (secondary N) is 1. The zero-order chi connectivity index (χ0) is 16.0. The van der Waals surface area contributed by atoms with Gasteiger partial charge in [-0.05, 0) is 43.7 Å². The molecule has 0 radical (unpaired) electrons. The minimum Gasteiger partial charge on any atom is -0.308 e. The van der Waals surface area contributed by atoms with Gasteiger partial charge in [0, 0.05) is 12.4 Å². The zero-order valence-corrected chi connectivity index (χ0v) is 12.8. The van der Waals surface area contributed by atoms with E-state index < -0.39 is 0 Å². The van der Waals surface area contributed by atoms with Gasteiger partial charge in [-0.15, -0.1) is 0 Å². The van der Waals surface area contributed by atoms with Gasteiger partial charge in [0.25, 0.3) is 5.56 Å². The molecule has 0 spiro atoms. The van der Waals surface area contributed by atoms with Gasteiger partial charge in [0.05, 0.1) is 11.4 Å². The predicted octanol–water partition coefficient (Wildman–Crippen LogP) is 2.52. The van der Waals surface area contributed by atoms with Crippen molar-refractivity contribution < 1.29 is 0 Å². The number of benzene rings is 1. The van der Waals surface area contributed by atoms with Crippen LogP contribution in [0.1, 0.15) is 11.3 Å². The third-order valence-electron chi connectivity index (χ3n) is 3.85. The number of H-pyrrole nitrogens is 1. The first-order chi connectivity index (χ1) is 11.1. The molecule has 3 heterocycles. The molecule has 4 aromatic rings. The molecule has 0 aliphatic rings. The minimum absolute atomic E-state index is 0.242. The van der Waals surface area contributed by atoms with Crippen LogP contribution >= 0.6 is 0 Å². The summed E-state index contributed by atoms with van der Waals surface area (Å²) in [6.07, 6.45) is 3.80. The molecule has 0 atom stereocenters. The smallest absolute Gasteiger partial charge is 0.277 e. The van der Waals surface area contributed by atoms with Crippen molar-refractivity contribution in [2.45, 2.75) is 13.8 Å². The minimum atomic E-state index is -0.242. The first kappa shape index (κ1) is 13.5. The van der Waals surface area contributed by atoms with Crippen LogP contribution in [0, 0.1) is 13.8 Å². The number of aryl methyl sites for hydroxylation is 2. The molecule has 0 bridgehead atoms. The molecule has 0 fully saturated rings. The summed E-state index contributed by atoms with van der Waals surface area (Å²) in [5, 5.41) is 11.8. The first-order valence-corrected chi connectivity index (χ1v) is 7.33. The molecule has 1 N–H and O–H groups in total. The second-order valence-electron chi connectivity index (χ2n) is 5.53. The summed E-state index contributed by atoms with van der Waals surface area (Å²) in [6, 6.07) is 11.9. The number of fused-ring (bicyclic) bond motifs is 1. The van der Waals surface area contributed by atoms with E-state index in [4.69, 9.17) is 0 Å². The quantitative estimate of drug-likeness (QED) is 0.618. The summed E-state index contributed by atoms with van der Waals surface area (Å²) in [5.74, 6) is 0.711. The number of aromatic nitrogens is 5. The maximum atomic E-state index is 12.4. The van der Waals surface area contributed by atoms with E-state index >= 15 is 0 Å². The molecule has 4 rings (SSSR count). The number of hydrogen-bond acceptors (Lipinski definition) is 3. The summed E-state index contributed by atoms with van der Waals surface area (Å²) in [7, 11) is 0. The highest BCUT2D eigenvalue weighted by molar-refractivity contribution is 5.87. The number of aromatic amines is 1. The Balaban J connectivity index is 2.16. The fraction of sp³-hybridized carbons (Fsp3) is 0.118. The van der Waals surface area contributed by atoms with Gasteiger partial charge < -0.3 is 4.57 Å². The van der Waals surface area contributed by atoms with Crippen LogP contribution in [0.3, 0.4) is 0 Å². The second-order valence-corrected chi connectivity index (χ2v) is 5.53. The molecule has 0 unspecified atom stereocenters. The van der Waals surface area contributed by atoms with Gasteiger partial charge in [0.2, 0.25) is 0 Å². The fourth-order valence-corrected chi connectivity index (χ4v) is 2.77. The van der Waals surface area contributed by atoms with Gasteiger partial charge in [-0.3, -0.25) is 4.79 Å². The lowest BCUT2D eigenvalue weighted by Crippen LogP contribution is -2.11. The molecule has 0 amide bonds. The summed E-state index contributed by atoms with van der Waals surface area (Å²) in [6.45, 7) is 3.87. The average Bonchev–Trinajstić information content (AvgIpc) is 3.18. The Morgan fingerprint density at radius 3 is 2.61 bits per heavy atom. The molecule has 0 saturated carbocycles. The van der Waals surface area contributed by atoms with Crippen molar-refractivity contribution in [3.63, 3.8) is 0 Å². The fourth-order valence-electron chi connectivity index (χ4n) is 2.77. The molecule has 3 aromatic heterocycles. The average molecular weight is 305 g/mol. The van der Waals surface area contributed by atoms with Crippen LogP contribution in [0.25, 0.3) is 22.4 Å². The second kappa shape index (κ2) is 4.95. The van der Waals surface area contributed by atoms with Crippen molar-refractivity contribution in [3.8, 4) is 11.5 Å². The van der Waals surface area contributed by atoms with Crippen molar-refractivity contribution in [2.75, 3.05) is 0 Å². The number of nitrogens with zero attached hydrogens (tertiary/aromatic N) is 4. The van der Waals surface area contributed by atoms with Crippen molar-refractivity contribution in [1.29, 1.82) is 0 Å². The Hall–Kier alpha value is -3.15. The molecule has 6 heteroatoms. The van der Waals surface area contributed by atoms with Gasteiger partial charge in [0.1, 0.15) is 10.9 Å². The molecule has 0 saturated heterocycles. The van der Waals surface area contributed by atoms with Gasteiger partial charge >= 0.3 is 0 Å². The van der Waals surface area contributed by atoms with Crippen LogP contribution in [0.15, 0.2) is 53.6 Å². The van der Waals surface area contributed by atoms with E-state index in [1.54, 1.807) is 4.68 Å². The summed E-state index contributed by atoms with van der Waals surface area (Å²) >= 11 is 0. The van der Waals surface area contributed by atoms with E-state index in [1.165, 1.54) is 0 Å². The molecular weight excluding hydrogens is 290 g/mol. The Kier molecular flexibility index (Phi) is 2.90. The van der Waals surface area contributed by atoms with Crippen LogP contribution in [-0.4, -0.2) is 24.5 Å². The molecule has 0 aliphatic carbocycles. The summed E-state index contributed by atoms with van der Waals surface area (Å²) in [5.41, 5.74) is 3.10. The normalized spacial score (nSPS) is 11.2. The van der Waals surface area contributed by atoms with E-state index in [-0.39, 0.29) is 5.56 Å². The van der Waals surface area contributed by atoms with E-state index in [0.29, 0.717) is 22.4 Å². The SMILES string of the molecule is Cc1cccc(-n2nc3c(C)n[nH]c(=O)c3c2-n2cccc2)c1. The van der Waals surface area contributed by atoms with Crippen molar-refractivity contribution in [2.24, 2.45) is 0 Å². The van der Waals surface area contributed by atoms with Crippen molar-refractivity contribution >= 4 is 10.9 Å². The third-order valence-corrected chi connectivity index (χ3v) is 3.85. The van der Waals surface area contributed by atoms with Gasteiger partial charge in [0.15, 0.2) is 5.82 Å². The van der Waals surface area contributed by atoms with Crippen molar-refractivity contribution in [3.05, 3.63) is 70.4 Å². The Labute approximate surface area is 132 Å². The van der Waals surface area contributed by atoms with E-state index in [1.807, 2.05) is 67.2 Å². The Morgan fingerprint density at radius 2 is 1.87 bits per heavy atom. The van der Waals surface area contributed by atoms with E-state index in [2.05, 4.69) is 15.3 Å². The monoisotopic (exact) mass is 305 g/mol. The van der Waals surface area contributed by atoms with Crippen LogP contribution in [0.4, 0.5) is 0 Å². The van der Waals surface area contributed by atoms with Gasteiger partial charge in [-0.25, -0.2) is 9.78 Å². The molecule has 23 heavy (non-hydrogen) atoms. The van der Waals surface area contributed by atoms with Gasteiger partial charge in [-0.1, -0.05) is 12.1 Å². The summed E-state index contributed by atoms with van der Waals surface area (Å²) in [4.78, 5) is 12.4. The highest BCUT2D eigenvalue weighted by Gasteiger charge is 2.19. The maximum absolute atomic E-state index is 12.4. The lowest BCUT2D eigenvalue weighted by atomic mass is 10.2. The Morgan fingerprint density at radius 1 is 1.09 bits per heavy atom. The predicted molar refractivity (Wildman–Crippen MR) is 88.3 cm³/mol. The standard InChI is InChI=1S/C17H15N5O/c1-11-6-5-7-13(10-11)22-17(21-8-3-4-9-21)14-15(20-22)12(2)18-19-16(14)23/h3-10H,1-2H3,(H,19,23). The van der Waals surface area contributed by atoms with Crippen LogP contribution in [0.2, 0.25) is 0 Å². The molecule has 114 valence electrons. The molecule has 0 aliphatic heterocycles. The largest absolute Gasteiger partial charge is 0.308 e. The van der Waals surface area contributed by atoms with E-state index in [0.717, 1.165) is 11.3 Å². The van der Waals surface area contributed by atoms with Crippen LogP contribution < -0.4 is 5.56 Å². The lowest BCUT2D eigenvalue weighted by molar-refractivity contribution is 0.832. The highest BCUT2D eigenvalue weighted by atomic mass is 16.1. The molecular formula is C17H15N5O. The van der Waals surface area contributed by atoms with Gasteiger partial charge in [-0.2, -0.15) is 10.2 Å². The van der Waals surface area contributed by atoms with Crippen molar-refractivity contribution in [1.82, 2.24) is 24.5 Å². The maximum Gasteiger partial charge on any atom is 0.277 e. The summed E-state index contributed by atoms with van der Waals surface area (Å²) < 4.78 is 3.69. The van der Waals surface area contributed by atoms with E-state index in [9.17, 15) is 4.79 Å². The van der Waals surface area contributed by atoms with Crippen LogP contribution in [0.5, 0.6) is 0 Å². The topological polar surface area (TPSA) is 68.5 Å². The molecule has 6 nitrogen and oxygen atoms in total. The Bertz CT molecular complexity index is 1060. The highest BCUT2D eigenvalue weighted by Crippen LogP contribution is 2.24. The number of rotatable bonds is 2. The van der Waals surface area contributed by atoms with Crippen LogP contribution in [-0.2, 0) is 0 Å². The zero-order valence-electron chi connectivity index (χ0n) is 12.8. The molecule has 1 aromatic carbocycles. The lowest BCUT2D eigenvalue weighted by Gasteiger charge is -2.09. The number of hydrogen-bond donors (Lipinski definition) is 1. The first-order valence-electron chi connectivity index (χ1n) is 7.33. The third kappa shape index (κ3) is 2.07.